The van der Waals surface area contributed by atoms with Gasteiger partial charge in [0, 0.05) is 18.8 Å². The summed E-state index contributed by atoms with van der Waals surface area (Å²) in [5.74, 6) is 5.96. The number of hydrogen-bond acceptors (Lipinski definition) is 5. The monoisotopic (exact) mass is 291 g/mol. The smallest absolute Gasteiger partial charge is 0.140 e. The lowest BCUT2D eigenvalue weighted by molar-refractivity contribution is 0.311. The van der Waals surface area contributed by atoms with E-state index in [4.69, 9.17) is 17.4 Å². The third-order valence-electron chi connectivity index (χ3n) is 2.86. The van der Waals surface area contributed by atoms with Gasteiger partial charge >= 0.3 is 0 Å². The van der Waals surface area contributed by atoms with Crippen LogP contribution in [0.5, 0.6) is 0 Å². The van der Waals surface area contributed by atoms with Crippen molar-refractivity contribution in [1.82, 2.24) is 14.9 Å². The second-order valence-corrected chi connectivity index (χ2v) is 5.12. The van der Waals surface area contributed by atoms with Crippen LogP contribution in [0.1, 0.15) is 17.1 Å². The largest absolute Gasteiger partial charge is 0.308 e. The van der Waals surface area contributed by atoms with Gasteiger partial charge in [-0.3, -0.25) is 9.88 Å². The Hall–Kier alpha value is -1.69. The number of rotatable bonds is 5. The van der Waals surface area contributed by atoms with Gasteiger partial charge in [0.25, 0.3) is 0 Å². The molecule has 2 aromatic heterocycles. The molecule has 6 heteroatoms. The van der Waals surface area contributed by atoms with Gasteiger partial charge in [-0.15, -0.1) is 0 Å². The summed E-state index contributed by atoms with van der Waals surface area (Å²) in [7, 11) is 2.00. The highest BCUT2D eigenvalue weighted by Gasteiger charge is 2.08. The average molecular weight is 292 g/mol. The minimum absolute atomic E-state index is 0.603. The Morgan fingerprint density at radius 2 is 2.00 bits per heavy atom. The molecule has 0 atom stereocenters. The molecule has 2 aromatic rings. The highest BCUT2D eigenvalue weighted by molar-refractivity contribution is 6.31. The third kappa shape index (κ3) is 3.90. The van der Waals surface area contributed by atoms with Crippen molar-refractivity contribution in [2.75, 3.05) is 12.5 Å². The molecule has 106 valence electrons. The zero-order valence-corrected chi connectivity index (χ0v) is 12.4. The molecule has 20 heavy (non-hydrogen) atoms. The van der Waals surface area contributed by atoms with E-state index in [0.717, 1.165) is 23.6 Å². The fraction of sp³-hybridized carbons (Fsp3) is 0.286. The summed E-state index contributed by atoms with van der Waals surface area (Å²) in [5, 5.41) is 0.632. The SMILES string of the molecule is Cc1cccc(CN(C)Cc2nc(NN)ccc2Cl)n1. The standard InChI is InChI=1S/C14H18ClN5/c1-10-4-3-5-11(17-10)8-20(2)9-13-12(15)6-7-14(18-13)19-16/h3-7H,8-9,16H2,1-2H3,(H,18,19). The van der Waals surface area contributed by atoms with Gasteiger partial charge in [0.15, 0.2) is 0 Å². The molecule has 0 saturated heterocycles. The Bertz CT molecular complexity index is 588. The minimum atomic E-state index is 0.603. The minimum Gasteiger partial charge on any atom is -0.308 e. The summed E-state index contributed by atoms with van der Waals surface area (Å²) in [6.07, 6.45) is 0. The van der Waals surface area contributed by atoms with Crippen molar-refractivity contribution in [2.45, 2.75) is 20.0 Å². The number of pyridine rings is 2. The average Bonchev–Trinajstić information content (AvgIpc) is 2.41. The molecule has 0 spiro atoms. The number of nitrogens with one attached hydrogen (secondary N) is 1. The van der Waals surface area contributed by atoms with Gasteiger partial charge in [0.1, 0.15) is 5.82 Å². The van der Waals surface area contributed by atoms with Gasteiger partial charge in [0.2, 0.25) is 0 Å². The van der Waals surface area contributed by atoms with Gasteiger partial charge in [-0.25, -0.2) is 10.8 Å². The summed E-state index contributed by atoms with van der Waals surface area (Å²) in [6.45, 7) is 3.35. The van der Waals surface area contributed by atoms with Crippen molar-refractivity contribution in [1.29, 1.82) is 0 Å². The predicted molar refractivity (Wildman–Crippen MR) is 81.2 cm³/mol. The fourth-order valence-corrected chi connectivity index (χ4v) is 2.12. The van der Waals surface area contributed by atoms with E-state index in [1.54, 1.807) is 12.1 Å². The number of halogens is 1. The second-order valence-electron chi connectivity index (χ2n) is 4.71. The molecule has 0 aliphatic heterocycles. The number of aryl methyl sites for hydroxylation is 1. The summed E-state index contributed by atoms with van der Waals surface area (Å²) in [5.41, 5.74) is 5.35. The first-order chi connectivity index (χ1) is 9.58. The van der Waals surface area contributed by atoms with Gasteiger partial charge < -0.3 is 5.43 Å². The zero-order valence-electron chi connectivity index (χ0n) is 11.6. The Labute approximate surface area is 123 Å². The van der Waals surface area contributed by atoms with Crippen molar-refractivity contribution >= 4 is 17.4 Å². The van der Waals surface area contributed by atoms with E-state index in [2.05, 4.69) is 20.3 Å². The molecule has 0 saturated carbocycles. The first-order valence-electron chi connectivity index (χ1n) is 6.31. The Kier molecular flexibility index (Phi) is 4.89. The first kappa shape index (κ1) is 14.7. The van der Waals surface area contributed by atoms with E-state index in [9.17, 15) is 0 Å². The van der Waals surface area contributed by atoms with Crippen LogP contribution < -0.4 is 11.3 Å². The molecule has 0 fully saturated rings. The van der Waals surface area contributed by atoms with Crippen LogP contribution in [0.2, 0.25) is 5.02 Å². The van der Waals surface area contributed by atoms with E-state index in [1.165, 1.54) is 0 Å². The van der Waals surface area contributed by atoms with Crippen LogP contribution in [0.4, 0.5) is 5.82 Å². The number of hydrazine groups is 1. The van der Waals surface area contributed by atoms with Crippen LogP contribution in [0.25, 0.3) is 0 Å². The maximum Gasteiger partial charge on any atom is 0.140 e. The zero-order chi connectivity index (χ0) is 14.5. The molecule has 2 rings (SSSR count). The lowest BCUT2D eigenvalue weighted by atomic mass is 10.3. The molecule has 0 unspecified atom stereocenters. The van der Waals surface area contributed by atoms with Crippen LogP contribution in [0.3, 0.4) is 0 Å². The summed E-state index contributed by atoms with van der Waals surface area (Å²) in [4.78, 5) is 11.0. The molecule has 0 radical (unpaired) electrons. The van der Waals surface area contributed by atoms with Crippen molar-refractivity contribution in [3.05, 3.63) is 52.4 Å². The van der Waals surface area contributed by atoms with Crippen LogP contribution in [0.15, 0.2) is 30.3 Å². The number of nitrogens with two attached hydrogens (primary N) is 1. The lowest BCUT2D eigenvalue weighted by Gasteiger charge is -2.17. The molecular formula is C14H18ClN5. The highest BCUT2D eigenvalue weighted by Crippen LogP contribution is 2.18. The third-order valence-corrected chi connectivity index (χ3v) is 3.21. The molecule has 5 nitrogen and oxygen atoms in total. The van der Waals surface area contributed by atoms with Crippen molar-refractivity contribution in [2.24, 2.45) is 5.84 Å². The molecule has 0 aliphatic rings. The molecule has 2 heterocycles. The maximum absolute atomic E-state index is 6.15. The second kappa shape index (κ2) is 6.65. The quantitative estimate of drug-likeness (QED) is 0.654. The van der Waals surface area contributed by atoms with Crippen LogP contribution in [0, 0.1) is 6.92 Å². The van der Waals surface area contributed by atoms with E-state index in [-0.39, 0.29) is 0 Å². The Morgan fingerprint density at radius 1 is 1.20 bits per heavy atom. The van der Waals surface area contributed by atoms with Crippen LogP contribution >= 0.6 is 11.6 Å². The maximum atomic E-state index is 6.15. The van der Waals surface area contributed by atoms with Gasteiger partial charge in [-0.1, -0.05) is 17.7 Å². The Morgan fingerprint density at radius 3 is 2.70 bits per heavy atom. The van der Waals surface area contributed by atoms with E-state index < -0.39 is 0 Å². The first-order valence-corrected chi connectivity index (χ1v) is 6.69. The number of aromatic nitrogens is 2. The number of nitrogen functional groups attached to an aromatic ring is 1. The highest BCUT2D eigenvalue weighted by atomic mass is 35.5. The van der Waals surface area contributed by atoms with Crippen molar-refractivity contribution < 1.29 is 0 Å². The molecule has 0 aliphatic carbocycles. The van der Waals surface area contributed by atoms with E-state index in [1.807, 2.05) is 32.2 Å². The Balaban J connectivity index is 2.06. The number of hydrogen-bond donors (Lipinski definition) is 2. The molecule has 0 amide bonds. The van der Waals surface area contributed by atoms with Crippen LogP contribution in [-0.2, 0) is 13.1 Å². The van der Waals surface area contributed by atoms with Gasteiger partial charge in [-0.05, 0) is 38.2 Å². The van der Waals surface area contributed by atoms with Crippen LogP contribution in [-0.4, -0.2) is 21.9 Å². The number of anilines is 1. The predicted octanol–water partition coefficient (Wildman–Crippen LogP) is 2.36. The molecular weight excluding hydrogens is 274 g/mol. The van der Waals surface area contributed by atoms with E-state index >= 15 is 0 Å². The van der Waals surface area contributed by atoms with E-state index in [0.29, 0.717) is 17.4 Å². The summed E-state index contributed by atoms with van der Waals surface area (Å²) < 4.78 is 0. The van der Waals surface area contributed by atoms with Crippen molar-refractivity contribution in [3.8, 4) is 0 Å². The topological polar surface area (TPSA) is 67.1 Å². The number of nitrogens with zero attached hydrogens (tertiary/aromatic N) is 3. The normalized spacial score (nSPS) is 10.8. The van der Waals surface area contributed by atoms with Gasteiger partial charge in [-0.2, -0.15) is 0 Å². The molecule has 0 aromatic carbocycles. The summed E-state index contributed by atoms with van der Waals surface area (Å²) >= 11 is 6.15. The summed E-state index contributed by atoms with van der Waals surface area (Å²) in [6, 6.07) is 9.54. The lowest BCUT2D eigenvalue weighted by Crippen LogP contribution is -2.20. The molecule has 0 bridgehead atoms. The molecule has 3 N–H and O–H groups in total. The van der Waals surface area contributed by atoms with Gasteiger partial charge in [0.05, 0.1) is 16.4 Å². The van der Waals surface area contributed by atoms with Crippen molar-refractivity contribution in [3.63, 3.8) is 0 Å². The fourth-order valence-electron chi connectivity index (χ4n) is 1.95.